The highest BCUT2D eigenvalue weighted by Gasteiger charge is 2.30. The molecule has 1 aliphatic heterocycles. The number of nitrogens with zero attached hydrogens (tertiary/aromatic N) is 2. The van der Waals surface area contributed by atoms with Gasteiger partial charge in [-0.15, -0.1) is 0 Å². The van der Waals surface area contributed by atoms with Crippen molar-refractivity contribution < 1.29 is 18.7 Å². The molecule has 22 heavy (non-hydrogen) atoms. The van der Waals surface area contributed by atoms with Gasteiger partial charge in [-0.2, -0.15) is 0 Å². The van der Waals surface area contributed by atoms with E-state index in [4.69, 9.17) is 4.74 Å². The van der Waals surface area contributed by atoms with E-state index in [0.29, 0.717) is 36.7 Å². The van der Waals surface area contributed by atoms with Gasteiger partial charge in [0.2, 0.25) is 0 Å². The molecule has 1 heterocycles. The van der Waals surface area contributed by atoms with Crippen LogP contribution < -0.4 is 14.5 Å². The number of carbonyl (C=O) groups excluding carboxylic acids is 2. The maximum atomic E-state index is 13.0. The lowest BCUT2D eigenvalue weighted by Gasteiger charge is -2.19. The van der Waals surface area contributed by atoms with Gasteiger partial charge in [-0.1, -0.05) is 6.07 Å². The molecule has 0 radical (unpaired) electrons. The Morgan fingerprint density at radius 2 is 1.68 bits per heavy atom. The molecular formula is C16H13FN2O3. The molecule has 1 saturated heterocycles. The Morgan fingerprint density at radius 1 is 1.00 bits per heavy atom. The molecule has 0 unspecified atom stereocenters. The highest BCUT2D eigenvalue weighted by atomic mass is 19.1. The van der Waals surface area contributed by atoms with Crippen LogP contribution in [0.3, 0.4) is 0 Å². The third kappa shape index (κ3) is 2.63. The van der Waals surface area contributed by atoms with E-state index in [9.17, 15) is 14.0 Å². The van der Waals surface area contributed by atoms with Crippen LogP contribution in [0.5, 0.6) is 5.75 Å². The molecule has 0 N–H and O–H groups in total. The zero-order valence-electron chi connectivity index (χ0n) is 11.6. The molecule has 0 aromatic heterocycles. The van der Waals surface area contributed by atoms with Gasteiger partial charge in [0.15, 0.2) is 0 Å². The second-order valence-electron chi connectivity index (χ2n) is 4.77. The molecular weight excluding hydrogens is 287 g/mol. The fourth-order valence-electron chi connectivity index (χ4n) is 2.42. The Balaban J connectivity index is 1.82. The maximum absolute atomic E-state index is 13.0. The quantitative estimate of drug-likeness (QED) is 0.816. The normalized spacial score (nSPS) is 14.3. The number of hydrogen-bond acceptors (Lipinski definition) is 3. The minimum atomic E-state index is -0.342. The van der Waals surface area contributed by atoms with Crippen molar-refractivity contribution in [2.24, 2.45) is 0 Å². The molecule has 5 nitrogen and oxygen atoms in total. The molecule has 1 fully saturated rings. The molecule has 112 valence electrons. The van der Waals surface area contributed by atoms with E-state index in [0.717, 1.165) is 0 Å². The van der Waals surface area contributed by atoms with Gasteiger partial charge in [0, 0.05) is 30.5 Å². The van der Waals surface area contributed by atoms with Crippen LogP contribution in [0.1, 0.15) is 0 Å². The lowest BCUT2D eigenvalue weighted by atomic mass is 10.3. The number of anilines is 2. The fourth-order valence-corrected chi connectivity index (χ4v) is 2.42. The Bertz CT molecular complexity index is 703. The molecule has 6 heteroatoms. The van der Waals surface area contributed by atoms with Crippen LogP contribution >= 0.6 is 0 Å². The third-order valence-electron chi connectivity index (χ3n) is 3.46. The first kappa shape index (κ1) is 14.1. The summed E-state index contributed by atoms with van der Waals surface area (Å²) in [5, 5.41) is 0. The molecule has 1 aliphatic rings. The Hall–Kier alpha value is -2.89. The number of carbonyl (C=O) groups is 2. The van der Waals surface area contributed by atoms with Crippen LogP contribution in [-0.4, -0.2) is 25.6 Å². The van der Waals surface area contributed by atoms with E-state index in [2.05, 4.69) is 0 Å². The third-order valence-corrected chi connectivity index (χ3v) is 3.46. The van der Waals surface area contributed by atoms with Crippen LogP contribution in [-0.2, 0) is 4.79 Å². The number of urea groups is 1. The van der Waals surface area contributed by atoms with Gasteiger partial charge in [-0.3, -0.25) is 14.6 Å². The summed E-state index contributed by atoms with van der Waals surface area (Å²) in [5.74, 6) is 0.0338. The summed E-state index contributed by atoms with van der Waals surface area (Å²) in [6.45, 7) is 1.35. The van der Waals surface area contributed by atoms with Crippen LogP contribution in [0.25, 0.3) is 0 Å². The van der Waals surface area contributed by atoms with E-state index < -0.39 is 0 Å². The van der Waals surface area contributed by atoms with E-state index in [1.54, 1.807) is 46.2 Å². The summed E-state index contributed by atoms with van der Waals surface area (Å²) >= 11 is 0. The minimum absolute atomic E-state index is 0.199. The predicted molar refractivity (Wildman–Crippen MR) is 79.6 cm³/mol. The van der Waals surface area contributed by atoms with E-state index in [-0.39, 0.29) is 11.8 Å². The van der Waals surface area contributed by atoms with Crippen molar-refractivity contribution >= 4 is 23.9 Å². The van der Waals surface area contributed by atoms with Crippen molar-refractivity contribution in [3.8, 4) is 5.75 Å². The van der Waals surface area contributed by atoms with Crippen LogP contribution in [0.15, 0.2) is 48.5 Å². The maximum Gasteiger partial charge on any atom is 0.329 e. The van der Waals surface area contributed by atoms with Gasteiger partial charge >= 0.3 is 6.03 Å². The molecule has 0 bridgehead atoms. The van der Waals surface area contributed by atoms with E-state index in [1.165, 1.54) is 12.1 Å². The van der Waals surface area contributed by atoms with Crippen LogP contribution in [0, 0.1) is 5.82 Å². The number of rotatable bonds is 4. The zero-order chi connectivity index (χ0) is 15.5. The highest BCUT2D eigenvalue weighted by molar-refractivity contribution is 6.06. The first-order valence-corrected chi connectivity index (χ1v) is 6.74. The van der Waals surface area contributed by atoms with Gasteiger partial charge in [0.25, 0.3) is 6.47 Å². The molecule has 2 aromatic rings. The standard InChI is InChI=1S/C16H13FN2O3/c17-12-4-6-13(7-5-12)18-8-9-19(16(18)21)14-2-1-3-15(10-14)22-11-20/h1-7,10-11H,8-9H2. The van der Waals surface area contributed by atoms with Crippen molar-refractivity contribution in [3.63, 3.8) is 0 Å². The van der Waals surface area contributed by atoms with Gasteiger partial charge in [-0.05, 0) is 36.4 Å². The van der Waals surface area contributed by atoms with Crippen molar-refractivity contribution in [2.75, 3.05) is 22.9 Å². The summed E-state index contributed by atoms with van der Waals surface area (Å²) in [5.41, 5.74) is 1.29. The number of hydrogen-bond donors (Lipinski definition) is 0. The Kier molecular flexibility index (Phi) is 3.74. The molecule has 0 atom stereocenters. The summed E-state index contributed by atoms with van der Waals surface area (Å²) < 4.78 is 17.8. The fraction of sp³-hybridized carbons (Fsp3) is 0.125. The molecule has 0 aliphatic carbocycles. The van der Waals surface area contributed by atoms with Crippen molar-refractivity contribution in [2.45, 2.75) is 0 Å². The topological polar surface area (TPSA) is 49.9 Å². The summed E-state index contributed by atoms with van der Waals surface area (Å²) in [6, 6.07) is 12.3. The summed E-state index contributed by atoms with van der Waals surface area (Å²) in [7, 11) is 0. The smallest absolute Gasteiger partial charge is 0.329 e. The SMILES string of the molecule is O=COc1cccc(N2CCN(c3ccc(F)cc3)C2=O)c1. The second-order valence-corrected chi connectivity index (χ2v) is 4.77. The summed E-state index contributed by atoms with van der Waals surface area (Å²) in [4.78, 5) is 26.1. The van der Waals surface area contributed by atoms with E-state index >= 15 is 0 Å². The first-order chi connectivity index (χ1) is 10.7. The van der Waals surface area contributed by atoms with Crippen molar-refractivity contribution in [3.05, 3.63) is 54.3 Å². The zero-order valence-corrected chi connectivity index (χ0v) is 11.6. The lowest BCUT2D eigenvalue weighted by Crippen LogP contribution is -2.31. The first-order valence-electron chi connectivity index (χ1n) is 6.74. The largest absolute Gasteiger partial charge is 0.429 e. The van der Waals surface area contributed by atoms with Crippen molar-refractivity contribution in [1.82, 2.24) is 0 Å². The molecule has 0 saturated carbocycles. The number of amides is 2. The average Bonchev–Trinajstić information content (AvgIpc) is 2.90. The monoisotopic (exact) mass is 300 g/mol. The Morgan fingerprint density at radius 3 is 2.36 bits per heavy atom. The van der Waals surface area contributed by atoms with Gasteiger partial charge in [-0.25, -0.2) is 9.18 Å². The van der Waals surface area contributed by atoms with Crippen LogP contribution in [0.4, 0.5) is 20.6 Å². The van der Waals surface area contributed by atoms with Gasteiger partial charge < -0.3 is 4.74 Å². The van der Waals surface area contributed by atoms with Crippen LogP contribution in [0.2, 0.25) is 0 Å². The van der Waals surface area contributed by atoms with Crippen molar-refractivity contribution in [1.29, 1.82) is 0 Å². The number of halogens is 1. The minimum Gasteiger partial charge on any atom is -0.429 e. The number of ether oxygens (including phenoxy) is 1. The van der Waals surface area contributed by atoms with Gasteiger partial charge in [0.1, 0.15) is 11.6 Å². The molecule has 0 spiro atoms. The van der Waals surface area contributed by atoms with E-state index in [1.807, 2.05) is 0 Å². The summed E-state index contributed by atoms with van der Waals surface area (Å²) in [6.07, 6.45) is 0. The number of benzene rings is 2. The van der Waals surface area contributed by atoms with Gasteiger partial charge in [0.05, 0.1) is 0 Å². The second kappa shape index (κ2) is 5.85. The average molecular weight is 300 g/mol. The molecule has 2 aromatic carbocycles. The predicted octanol–water partition coefficient (Wildman–Crippen LogP) is 2.81. The highest BCUT2D eigenvalue weighted by Crippen LogP contribution is 2.27. The Labute approximate surface area is 126 Å². The lowest BCUT2D eigenvalue weighted by molar-refractivity contribution is -0.120. The molecule has 2 amide bonds. The molecule has 3 rings (SSSR count).